The zero-order valence-electron chi connectivity index (χ0n) is 10.4. The number of aromatic nitrogens is 1. The van der Waals surface area contributed by atoms with Crippen molar-refractivity contribution in [3.8, 4) is 0 Å². The summed E-state index contributed by atoms with van der Waals surface area (Å²) < 4.78 is 0. The van der Waals surface area contributed by atoms with E-state index in [2.05, 4.69) is 36.1 Å². The molecule has 16 heavy (non-hydrogen) atoms. The van der Waals surface area contributed by atoms with Gasteiger partial charge in [-0.2, -0.15) is 0 Å². The molecule has 1 unspecified atom stereocenters. The maximum atomic E-state index is 4.26. The van der Waals surface area contributed by atoms with E-state index in [4.69, 9.17) is 0 Å². The molecule has 1 aliphatic carbocycles. The van der Waals surface area contributed by atoms with Gasteiger partial charge in [-0.3, -0.25) is 4.90 Å². The summed E-state index contributed by atoms with van der Waals surface area (Å²) in [6, 6.07) is 1.47. The summed E-state index contributed by atoms with van der Waals surface area (Å²) in [6.45, 7) is 6.39. The van der Waals surface area contributed by atoms with Crippen molar-refractivity contribution in [2.45, 2.75) is 45.3 Å². The second-order valence-corrected chi connectivity index (χ2v) is 5.68. The Hall–Kier alpha value is -0.450. The van der Waals surface area contributed by atoms with Gasteiger partial charge in [0.15, 0.2) is 0 Å². The van der Waals surface area contributed by atoms with Crippen LogP contribution in [0, 0.1) is 6.92 Å². The number of hydrogen-bond donors (Lipinski definition) is 1. The van der Waals surface area contributed by atoms with E-state index in [0.717, 1.165) is 19.1 Å². The van der Waals surface area contributed by atoms with Gasteiger partial charge in [-0.15, -0.1) is 11.3 Å². The topological polar surface area (TPSA) is 28.2 Å². The van der Waals surface area contributed by atoms with Gasteiger partial charge in [0.1, 0.15) is 0 Å². The Morgan fingerprint density at radius 1 is 1.62 bits per heavy atom. The zero-order valence-corrected chi connectivity index (χ0v) is 11.2. The largest absolute Gasteiger partial charge is 0.310 e. The van der Waals surface area contributed by atoms with Crippen LogP contribution in [0.15, 0.2) is 5.51 Å². The third-order valence-corrected chi connectivity index (χ3v) is 4.32. The van der Waals surface area contributed by atoms with Gasteiger partial charge in [-0.05, 0) is 33.7 Å². The fraction of sp³-hybridized carbons (Fsp3) is 0.750. The first-order chi connectivity index (χ1) is 7.68. The number of hydrogen-bond acceptors (Lipinski definition) is 4. The first-order valence-electron chi connectivity index (χ1n) is 6.00. The number of nitrogens with zero attached hydrogens (tertiary/aromatic N) is 2. The molecular formula is C12H21N3S. The molecule has 0 bridgehead atoms. The average Bonchev–Trinajstić information content (AvgIpc) is 3.03. The van der Waals surface area contributed by atoms with Gasteiger partial charge in [0.05, 0.1) is 11.2 Å². The minimum absolute atomic E-state index is 0.626. The Kier molecular flexibility index (Phi) is 3.95. The smallest absolute Gasteiger partial charge is 0.0798 e. The summed E-state index contributed by atoms with van der Waals surface area (Å²) in [7, 11) is 2.24. The van der Waals surface area contributed by atoms with Gasteiger partial charge in [-0.1, -0.05) is 0 Å². The lowest BCUT2D eigenvalue weighted by Crippen LogP contribution is -2.38. The first-order valence-corrected chi connectivity index (χ1v) is 6.88. The van der Waals surface area contributed by atoms with Crippen molar-refractivity contribution in [2.75, 3.05) is 13.6 Å². The van der Waals surface area contributed by atoms with Crippen LogP contribution in [0.1, 0.15) is 30.3 Å². The molecular weight excluding hydrogens is 218 g/mol. The highest BCUT2D eigenvalue weighted by atomic mass is 32.1. The van der Waals surface area contributed by atoms with Gasteiger partial charge in [0.2, 0.25) is 0 Å². The van der Waals surface area contributed by atoms with Crippen molar-refractivity contribution in [1.82, 2.24) is 15.2 Å². The van der Waals surface area contributed by atoms with E-state index in [1.165, 1.54) is 23.4 Å². The SMILES string of the molecule is Cc1ncsc1CNCC(C)N(C)C1CC1. The molecule has 0 radical (unpaired) electrons. The lowest BCUT2D eigenvalue weighted by atomic mass is 10.3. The van der Waals surface area contributed by atoms with Crippen LogP contribution in [-0.4, -0.2) is 35.6 Å². The Balaban J connectivity index is 1.69. The van der Waals surface area contributed by atoms with E-state index in [-0.39, 0.29) is 0 Å². The molecule has 0 spiro atoms. The van der Waals surface area contributed by atoms with Crippen molar-refractivity contribution in [3.05, 3.63) is 16.1 Å². The van der Waals surface area contributed by atoms with E-state index < -0.39 is 0 Å². The number of rotatable bonds is 6. The lowest BCUT2D eigenvalue weighted by molar-refractivity contribution is 0.241. The number of nitrogens with one attached hydrogen (secondary N) is 1. The van der Waals surface area contributed by atoms with Crippen LogP contribution >= 0.6 is 11.3 Å². The van der Waals surface area contributed by atoms with E-state index in [1.54, 1.807) is 11.3 Å². The highest BCUT2D eigenvalue weighted by Gasteiger charge is 2.28. The second kappa shape index (κ2) is 5.25. The summed E-state index contributed by atoms with van der Waals surface area (Å²) in [5, 5.41) is 3.52. The molecule has 4 heteroatoms. The Morgan fingerprint density at radius 2 is 2.38 bits per heavy atom. The Morgan fingerprint density at radius 3 is 2.94 bits per heavy atom. The van der Waals surface area contributed by atoms with Gasteiger partial charge in [-0.25, -0.2) is 4.98 Å². The van der Waals surface area contributed by atoms with Gasteiger partial charge >= 0.3 is 0 Å². The lowest BCUT2D eigenvalue weighted by Gasteiger charge is -2.24. The molecule has 0 aromatic carbocycles. The predicted molar refractivity (Wildman–Crippen MR) is 68.8 cm³/mol. The van der Waals surface area contributed by atoms with Crippen molar-refractivity contribution in [2.24, 2.45) is 0 Å². The summed E-state index contributed by atoms with van der Waals surface area (Å²) in [5.41, 5.74) is 3.09. The normalized spacial score (nSPS) is 18.0. The van der Waals surface area contributed by atoms with Crippen LogP contribution in [-0.2, 0) is 6.54 Å². The highest BCUT2D eigenvalue weighted by Crippen LogP contribution is 2.26. The van der Waals surface area contributed by atoms with Crippen molar-refractivity contribution in [3.63, 3.8) is 0 Å². The van der Waals surface area contributed by atoms with Crippen LogP contribution in [0.3, 0.4) is 0 Å². The van der Waals surface area contributed by atoms with Crippen LogP contribution < -0.4 is 5.32 Å². The van der Waals surface area contributed by atoms with Crippen molar-refractivity contribution >= 4 is 11.3 Å². The third-order valence-electron chi connectivity index (χ3n) is 3.39. The van der Waals surface area contributed by atoms with Gasteiger partial charge < -0.3 is 5.32 Å². The fourth-order valence-electron chi connectivity index (χ4n) is 1.88. The minimum Gasteiger partial charge on any atom is -0.310 e. The summed E-state index contributed by atoms with van der Waals surface area (Å²) in [5.74, 6) is 0. The standard InChI is InChI=1S/C12H21N3S/c1-9(15(3)11-4-5-11)6-13-7-12-10(2)14-8-16-12/h8-9,11,13H,4-7H2,1-3H3. The third kappa shape index (κ3) is 3.03. The van der Waals surface area contributed by atoms with Crippen LogP contribution in [0.4, 0.5) is 0 Å². The molecule has 0 aliphatic heterocycles. The van der Waals surface area contributed by atoms with Crippen LogP contribution in [0.5, 0.6) is 0 Å². The Labute approximate surface area is 102 Å². The fourth-order valence-corrected chi connectivity index (χ4v) is 2.62. The van der Waals surface area contributed by atoms with Gasteiger partial charge in [0.25, 0.3) is 0 Å². The summed E-state index contributed by atoms with van der Waals surface area (Å²) in [4.78, 5) is 8.11. The molecule has 1 aromatic heterocycles. The quantitative estimate of drug-likeness (QED) is 0.823. The van der Waals surface area contributed by atoms with E-state index in [9.17, 15) is 0 Å². The number of aryl methyl sites for hydroxylation is 1. The summed E-state index contributed by atoms with van der Waals surface area (Å²) >= 11 is 1.74. The molecule has 1 aliphatic rings. The van der Waals surface area contributed by atoms with Crippen molar-refractivity contribution in [1.29, 1.82) is 0 Å². The number of likely N-dealkylation sites (N-methyl/N-ethyl adjacent to an activating group) is 1. The first kappa shape index (κ1) is 12.0. The van der Waals surface area contributed by atoms with Gasteiger partial charge in [0, 0.05) is 30.1 Å². The second-order valence-electron chi connectivity index (χ2n) is 4.74. The molecule has 1 atom stereocenters. The zero-order chi connectivity index (χ0) is 11.5. The molecule has 1 aromatic rings. The van der Waals surface area contributed by atoms with E-state index in [1.807, 2.05) is 5.51 Å². The molecule has 3 nitrogen and oxygen atoms in total. The highest BCUT2D eigenvalue weighted by molar-refractivity contribution is 7.09. The molecule has 1 heterocycles. The van der Waals surface area contributed by atoms with E-state index >= 15 is 0 Å². The molecule has 0 saturated heterocycles. The molecule has 2 rings (SSSR count). The Bertz CT molecular complexity index is 333. The molecule has 1 fully saturated rings. The van der Waals surface area contributed by atoms with E-state index in [0.29, 0.717) is 6.04 Å². The molecule has 1 saturated carbocycles. The predicted octanol–water partition coefficient (Wildman–Crippen LogP) is 2.02. The van der Waals surface area contributed by atoms with Crippen LogP contribution in [0.2, 0.25) is 0 Å². The molecule has 90 valence electrons. The number of thiazole rings is 1. The molecule has 1 N–H and O–H groups in total. The van der Waals surface area contributed by atoms with Crippen LogP contribution in [0.25, 0.3) is 0 Å². The maximum absolute atomic E-state index is 4.26. The monoisotopic (exact) mass is 239 g/mol. The van der Waals surface area contributed by atoms with Crippen molar-refractivity contribution < 1.29 is 0 Å². The molecule has 0 amide bonds. The maximum Gasteiger partial charge on any atom is 0.0798 e. The minimum atomic E-state index is 0.626. The average molecular weight is 239 g/mol. The summed E-state index contributed by atoms with van der Waals surface area (Å²) in [6.07, 6.45) is 2.77.